The molecular weight excluding hydrogens is 274 g/mol. The third-order valence-corrected chi connectivity index (χ3v) is 3.26. The minimum Gasteiger partial charge on any atom is -0.493 e. The predicted molar refractivity (Wildman–Crippen MR) is 80.4 cm³/mol. The van der Waals surface area contributed by atoms with E-state index in [4.69, 9.17) is 18.9 Å². The third-order valence-electron chi connectivity index (χ3n) is 3.26. The van der Waals surface area contributed by atoms with Crippen LogP contribution in [0.5, 0.6) is 17.2 Å². The van der Waals surface area contributed by atoms with Gasteiger partial charge in [-0.3, -0.25) is 0 Å². The molecule has 0 radical (unpaired) electrons. The van der Waals surface area contributed by atoms with Gasteiger partial charge in [-0.1, -0.05) is 0 Å². The van der Waals surface area contributed by atoms with Crippen molar-refractivity contribution in [1.29, 1.82) is 0 Å². The molecule has 0 aliphatic heterocycles. The summed E-state index contributed by atoms with van der Waals surface area (Å²) in [7, 11) is 6.35. The van der Waals surface area contributed by atoms with Crippen LogP contribution in [0.1, 0.15) is 18.5 Å². The first-order chi connectivity index (χ1) is 10.1. The van der Waals surface area contributed by atoms with Gasteiger partial charge in [0, 0.05) is 13.2 Å². The van der Waals surface area contributed by atoms with Crippen LogP contribution in [0.25, 0.3) is 0 Å². The van der Waals surface area contributed by atoms with E-state index in [1.165, 1.54) is 0 Å². The summed E-state index contributed by atoms with van der Waals surface area (Å²) in [5.74, 6) is 1.77. The Hall–Kier alpha value is -1.50. The Labute approximate surface area is 126 Å². The normalized spacial score (nSPS) is 13.6. The summed E-state index contributed by atoms with van der Waals surface area (Å²) in [6.45, 7) is 2.44. The predicted octanol–water partition coefficient (Wildman–Crippen LogP) is 1.37. The van der Waals surface area contributed by atoms with Gasteiger partial charge in [0.2, 0.25) is 5.75 Å². The van der Waals surface area contributed by atoms with Crippen molar-refractivity contribution in [3.8, 4) is 17.2 Å². The van der Waals surface area contributed by atoms with Crippen LogP contribution >= 0.6 is 0 Å². The molecule has 120 valence electrons. The first-order valence-electron chi connectivity index (χ1n) is 6.76. The standard InChI is InChI=1S/C15H25NO5/c1-10(16-12(8-17)9-18-2)11-6-13(19-3)15(21-5)14(7-11)20-4/h6-7,10,12,16-17H,8-9H2,1-5H3. The van der Waals surface area contributed by atoms with Crippen LogP contribution in [-0.4, -0.2) is 52.8 Å². The number of benzene rings is 1. The summed E-state index contributed by atoms with van der Waals surface area (Å²) < 4.78 is 21.1. The lowest BCUT2D eigenvalue weighted by molar-refractivity contribution is 0.123. The van der Waals surface area contributed by atoms with Crippen molar-refractivity contribution in [2.45, 2.75) is 19.0 Å². The van der Waals surface area contributed by atoms with Gasteiger partial charge in [-0.05, 0) is 24.6 Å². The number of aliphatic hydroxyl groups excluding tert-OH is 1. The van der Waals surface area contributed by atoms with Crippen LogP contribution < -0.4 is 19.5 Å². The molecule has 6 nitrogen and oxygen atoms in total. The van der Waals surface area contributed by atoms with Crippen LogP contribution in [0, 0.1) is 0 Å². The van der Waals surface area contributed by atoms with Gasteiger partial charge in [-0.15, -0.1) is 0 Å². The molecule has 21 heavy (non-hydrogen) atoms. The maximum atomic E-state index is 9.32. The van der Waals surface area contributed by atoms with E-state index in [0.29, 0.717) is 23.9 Å². The number of methoxy groups -OCH3 is 4. The van der Waals surface area contributed by atoms with Crippen LogP contribution in [0.2, 0.25) is 0 Å². The second-order valence-electron chi connectivity index (χ2n) is 4.68. The number of aliphatic hydroxyl groups is 1. The highest BCUT2D eigenvalue weighted by Crippen LogP contribution is 2.39. The topological polar surface area (TPSA) is 69.2 Å². The fourth-order valence-electron chi connectivity index (χ4n) is 2.16. The van der Waals surface area contributed by atoms with Gasteiger partial charge >= 0.3 is 0 Å². The summed E-state index contributed by atoms with van der Waals surface area (Å²) in [6.07, 6.45) is 0. The number of hydrogen-bond donors (Lipinski definition) is 2. The highest BCUT2D eigenvalue weighted by atomic mass is 16.5. The van der Waals surface area contributed by atoms with E-state index in [-0.39, 0.29) is 18.7 Å². The van der Waals surface area contributed by atoms with Gasteiger partial charge in [-0.25, -0.2) is 0 Å². The fraction of sp³-hybridized carbons (Fsp3) is 0.600. The monoisotopic (exact) mass is 299 g/mol. The van der Waals surface area contributed by atoms with Crippen LogP contribution in [0.4, 0.5) is 0 Å². The molecule has 0 saturated carbocycles. The Balaban J connectivity index is 3.01. The molecule has 0 aliphatic carbocycles. The minimum absolute atomic E-state index is 0.00258. The molecule has 1 aromatic rings. The molecule has 2 unspecified atom stereocenters. The van der Waals surface area contributed by atoms with Crippen molar-refractivity contribution in [3.63, 3.8) is 0 Å². The second-order valence-corrected chi connectivity index (χ2v) is 4.68. The quantitative estimate of drug-likeness (QED) is 0.718. The first-order valence-corrected chi connectivity index (χ1v) is 6.76. The summed E-state index contributed by atoms with van der Waals surface area (Å²) >= 11 is 0. The zero-order valence-corrected chi connectivity index (χ0v) is 13.3. The van der Waals surface area contributed by atoms with Crippen molar-refractivity contribution < 1.29 is 24.1 Å². The molecule has 6 heteroatoms. The molecule has 0 heterocycles. The molecule has 1 aromatic carbocycles. The molecule has 0 bridgehead atoms. The minimum atomic E-state index is -0.135. The average Bonchev–Trinajstić information content (AvgIpc) is 2.52. The van der Waals surface area contributed by atoms with Crippen LogP contribution in [0.15, 0.2) is 12.1 Å². The van der Waals surface area contributed by atoms with Crippen LogP contribution in [0.3, 0.4) is 0 Å². The number of ether oxygens (including phenoxy) is 4. The second kappa shape index (κ2) is 8.71. The first kappa shape index (κ1) is 17.6. The molecule has 0 fully saturated rings. The summed E-state index contributed by atoms with van der Waals surface area (Å²) in [4.78, 5) is 0. The summed E-state index contributed by atoms with van der Waals surface area (Å²) in [5, 5.41) is 12.6. The Bertz CT molecular complexity index is 413. The van der Waals surface area contributed by atoms with Gasteiger partial charge in [-0.2, -0.15) is 0 Å². The van der Waals surface area contributed by atoms with Crippen molar-refractivity contribution in [3.05, 3.63) is 17.7 Å². The maximum Gasteiger partial charge on any atom is 0.203 e. The Kier molecular flexibility index (Phi) is 7.28. The lowest BCUT2D eigenvalue weighted by Crippen LogP contribution is -2.38. The van der Waals surface area contributed by atoms with Crippen molar-refractivity contribution >= 4 is 0 Å². The van der Waals surface area contributed by atoms with E-state index >= 15 is 0 Å². The van der Waals surface area contributed by atoms with E-state index in [2.05, 4.69) is 5.32 Å². The number of hydrogen-bond acceptors (Lipinski definition) is 6. The summed E-state index contributed by atoms with van der Waals surface area (Å²) in [6, 6.07) is 3.63. The Morgan fingerprint density at radius 3 is 2.00 bits per heavy atom. The number of nitrogens with one attached hydrogen (secondary N) is 1. The molecule has 0 amide bonds. The highest BCUT2D eigenvalue weighted by Gasteiger charge is 2.18. The van der Waals surface area contributed by atoms with Gasteiger partial charge in [0.05, 0.1) is 40.6 Å². The molecule has 2 N–H and O–H groups in total. The molecule has 1 rings (SSSR count). The van der Waals surface area contributed by atoms with Gasteiger partial charge in [0.15, 0.2) is 11.5 Å². The highest BCUT2D eigenvalue weighted by molar-refractivity contribution is 5.54. The lowest BCUT2D eigenvalue weighted by Gasteiger charge is -2.23. The van der Waals surface area contributed by atoms with E-state index in [1.807, 2.05) is 19.1 Å². The fourth-order valence-corrected chi connectivity index (χ4v) is 2.16. The number of rotatable bonds is 9. The van der Waals surface area contributed by atoms with Gasteiger partial charge in [0.1, 0.15) is 0 Å². The molecule has 0 aliphatic rings. The lowest BCUT2D eigenvalue weighted by atomic mass is 10.1. The van der Waals surface area contributed by atoms with Crippen LogP contribution in [-0.2, 0) is 4.74 Å². The third kappa shape index (κ3) is 4.49. The average molecular weight is 299 g/mol. The van der Waals surface area contributed by atoms with E-state index in [0.717, 1.165) is 5.56 Å². The Morgan fingerprint density at radius 2 is 1.62 bits per heavy atom. The van der Waals surface area contributed by atoms with Crippen molar-refractivity contribution in [2.75, 3.05) is 41.7 Å². The van der Waals surface area contributed by atoms with Gasteiger partial charge in [0.25, 0.3) is 0 Å². The largest absolute Gasteiger partial charge is 0.493 e. The zero-order valence-electron chi connectivity index (χ0n) is 13.3. The van der Waals surface area contributed by atoms with Crippen molar-refractivity contribution in [1.82, 2.24) is 5.32 Å². The zero-order chi connectivity index (χ0) is 15.8. The molecule has 0 aromatic heterocycles. The molecule has 0 saturated heterocycles. The van der Waals surface area contributed by atoms with Gasteiger partial charge < -0.3 is 29.4 Å². The SMILES string of the molecule is COCC(CO)NC(C)c1cc(OC)c(OC)c(OC)c1. The maximum absolute atomic E-state index is 9.32. The summed E-state index contributed by atoms with van der Waals surface area (Å²) in [5.41, 5.74) is 0.971. The van der Waals surface area contributed by atoms with E-state index in [1.54, 1.807) is 28.4 Å². The smallest absolute Gasteiger partial charge is 0.203 e. The molecule has 0 spiro atoms. The van der Waals surface area contributed by atoms with E-state index in [9.17, 15) is 5.11 Å². The van der Waals surface area contributed by atoms with E-state index < -0.39 is 0 Å². The Morgan fingerprint density at radius 1 is 1.05 bits per heavy atom. The molecular formula is C15H25NO5. The van der Waals surface area contributed by atoms with Crippen molar-refractivity contribution in [2.24, 2.45) is 0 Å². The molecule has 2 atom stereocenters.